The second-order valence-corrected chi connectivity index (χ2v) is 4.29. The highest BCUT2D eigenvalue weighted by atomic mass is 16.6. The fourth-order valence-electron chi connectivity index (χ4n) is 1.81. The molecule has 1 N–H and O–H groups in total. The number of nitrogens with zero attached hydrogens (tertiary/aromatic N) is 5. The van der Waals surface area contributed by atoms with Gasteiger partial charge in [-0.15, -0.1) is 0 Å². The van der Waals surface area contributed by atoms with Crippen LogP contribution in [-0.2, 0) is 14.3 Å². The first kappa shape index (κ1) is 15.9. The maximum Gasteiger partial charge on any atom is 0.338 e. The van der Waals surface area contributed by atoms with Crippen molar-refractivity contribution in [2.75, 3.05) is 0 Å². The van der Waals surface area contributed by atoms with Crippen molar-refractivity contribution in [1.82, 2.24) is 5.06 Å². The maximum atomic E-state index is 11.9. The van der Waals surface area contributed by atoms with Crippen molar-refractivity contribution in [3.05, 3.63) is 44.3 Å². The average Bonchev–Trinajstić information content (AvgIpc) is 2.74. The summed E-state index contributed by atoms with van der Waals surface area (Å²) in [5.41, 5.74) is 7.22. The SMILES string of the molecule is [N-]=[N+]=Nc1cc(C(=O)OC2CC(=O)N(O)C2=O)ccc1[N+](=O)[O-]. The molecule has 1 aromatic carbocycles. The van der Waals surface area contributed by atoms with E-state index in [-0.39, 0.29) is 10.6 Å². The Hall–Kier alpha value is -3.50. The average molecular weight is 321 g/mol. The van der Waals surface area contributed by atoms with E-state index in [1.54, 1.807) is 0 Å². The summed E-state index contributed by atoms with van der Waals surface area (Å²) in [6.45, 7) is 0. The van der Waals surface area contributed by atoms with Crippen molar-refractivity contribution in [2.45, 2.75) is 12.5 Å². The van der Waals surface area contributed by atoms with Crippen LogP contribution in [0.25, 0.3) is 10.4 Å². The Morgan fingerprint density at radius 2 is 2.22 bits per heavy atom. The van der Waals surface area contributed by atoms with Gasteiger partial charge in [-0.1, -0.05) is 5.11 Å². The number of amides is 2. The number of hydrogen-bond donors (Lipinski definition) is 1. The van der Waals surface area contributed by atoms with Gasteiger partial charge in [0.05, 0.1) is 16.9 Å². The van der Waals surface area contributed by atoms with Crippen molar-refractivity contribution in [2.24, 2.45) is 5.11 Å². The number of rotatable bonds is 4. The number of carbonyl (C=O) groups excluding carboxylic acids is 3. The standard InChI is InChI=1S/C11H7N5O7/c12-14-13-6-3-5(1-2-7(6)16(21)22)11(19)23-8-4-9(17)15(20)10(8)18/h1-3,8,20H,4H2. The van der Waals surface area contributed by atoms with E-state index >= 15 is 0 Å². The van der Waals surface area contributed by atoms with Gasteiger partial charge in [0.15, 0.2) is 6.10 Å². The number of nitro groups is 1. The minimum Gasteiger partial charge on any atom is -0.448 e. The lowest BCUT2D eigenvalue weighted by molar-refractivity contribution is -0.384. The first-order valence-electron chi connectivity index (χ1n) is 5.95. The molecule has 0 aliphatic carbocycles. The van der Waals surface area contributed by atoms with Crippen LogP contribution >= 0.6 is 0 Å². The van der Waals surface area contributed by atoms with Crippen LogP contribution in [0.3, 0.4) is 0 Å². The van der Waals surface area contributed by atoms with Crippen LogP contribution in [0.5, 0.6) is 0 Å². The van der Waals surface area contributed by atoms with E-state index in [0.717, 1.165) is 18.2 Å². The highest BCUT2D eigenvalue weighted by Gasteiger charge is 2.41. The van der Waals surface area contributed by atoms with Crippen LogP contribution in [0.1, 0.15) is 16.8 Å². The Morgan fingerprint density at radius 1 is 1.52 bits per heavy atom. The first-order chi connectivity index (χ1) is 10.8. The normalized spacial score (nSPS) is 16.9. The summed E-state index contributed by atoms with van der Waals surface area (Å²) in [5, 5.41) is 22.8. The smallest absolute Gasteiger partial charge is 0.338 e. The van der Waals surface area contributed by atoms with Crippen molar-refractivity contribution >= 4 is 29.2 Å². The van der Waals surface area contributed by atoms with Crippen LogP contribution in [0.15, 0.2) is 23.3 Å². The number of carbonyl (C=O) groups is 3. The number of azide groups is 1. The molecule has 1 atom stereocenters. The van der Waals surface area contributed by atoms with Crippen molar-refractivity contribution < 1.29 is 29.3 Å². The summed E-state index contributed by atoms with van der Waals surface area (Å²) in [6.07, 6.45) is -2.00. The van der Waals surface area contributed by atoms with E-state index in [1.165, 1.54) is 0 Å². The zero-order valence-corrected chi connectivity index (χ0v) is 11.1. The van der Waals surface area contributed by atoms with Gasteiger partial charge >= 0.3 is 5.97 Å². The molecular weight excluding hydrogens is 314 g/mol. The van der Waals surface area contributed by atoms with Crippen molar-refractivity contribution in [1.29, 1.82) is 0 Å². The van der Waals surface area contributed by atoms with Gasteiger partial charge < -0.3 is 4.74 Å². The summed E-state index contributed by atoms with van der Waals surface area (Å²) in [6, 6.07) is 2.88. The lowest BCUT2D eigenvalue weighted by Crippen LogP contribution is -2.30. The summed E-state index contributed by atoms with van der Waals surface area (Å²) in [5.74, 6) is -3.09. The molecule has 0 spiro atoms. The van der Waals surface area contributed by atoms with E-state index in [0.29, 0.717) is 0 Å². The van der Waals surface area contributed by atoms with E-state index in [1.807, 2.05) is 0 Å². The highest BCUT2D eigenvalue weighted by molar-refractivity contribution is 6.05. The van der Waals surface area contributed by atoms with Crippen molar-refractivity contribution in [3.8, 4) is 0 Å². The second-order valence-electron chi connectivity index (χ2n) is 4.29. The Bertz CT molecular complexity index is 770. The number of esters is 1. The number of hydrogen-bond acceptors (Lipinski definition) is 8. The molecule has 12 heteroatoms. The Balaban J connectivity index is 2.25. The fraction of sp³-hybridized carbons (Fsp3) is 0.182. The van der Waals surface area contributed by atoms with Gasteiger partial charge in [0.2, 0.25) is 0 Å². The maximum absolute atomic E-state index is 11.9. The molecule has 1 aromatic rings. The Kier molecular flexibility index (Phi) is 4.21. The summed E-state index contributed by atoms with van der Waals surface area (Å²) >= 11 is 0. The number of benzene rings is 1. The van der Waals surface area contributed by atoms with E-state index in [9.17, 15) is 24.5 Å². The molecule has 1 fully saturated rings. The predicted octanol–water partition coefficient (Wildman–Crippen LogP) is 1.21. The fourth-order valence-corrected chi connectivity index (χ4v) is 1.81. The summed E-state index contributed by atoms with van der Waals surface area (Å²) in [7, 11) is 0. The zero-order valence-electron chi connectivity index (χ0n) is 11.1. The third-order valence-electron chi connectivity index (χ3n) is 2.89. The molecule has 1 saturated heterocycles. The molecule has 0 saturated carbocycles. The zero-order chi connectivity index (χ0) is 17.1. The van der Waals surface area contributed by atoms with Gasteiger partial charge in [0.25, 0.3) is 17.5 Å². The van der Waals surface area contributed by atoms with Gasteiger partial charge in [-0.2, -0.15) is 5.06 Å². The lowest BCUT2D eigenvalue weighted by atomic mass is 10.1. The highest BCUT2D eigenvalue weighted by Crippen LogP contribution is 2.29. The minimum absolute atomic E-state index is 0.154. The number of imide groups is 1. The van der Waals surface area contributed by atoms with Gasteiger partial charge in [0.1, 0.15) is 5.69 Å². The third-order valence-corrected chi connectivity index (χ3v) is 2.89. The predicted molar refractivity (Wildman–Crippen MR) is 69.4 cm³/mol. The minimum atomic E-state index is -1.49. The van der Waals surface area contributed by atoms with Gasteiger partial charge in [-0.25, -0.2) is 4.79 Å². The van der Waals surface area contributed by atoms with Crippen LogP contribution in [0, 0.1) is 10.1 Å². The molecule has 23 heavy (non-hydrogen) atoms. The Labute approximate surface area is 126 Å². The molecule has 2 amide bonds. The number of nitro benzene ring substituents is 1. The molecule has 0 radical (unpaired) electrons. The molecule has 118 valence electrons. The molecule has 0 aromatic heterocycles. The quantitative estimate of drug-likeness (QED) is 0.126. The monoisotopic (exact) mass is 321 g/mol. The number of hydroxylamine groups is 2. The van der Waals surface area contributed by atoms with Gasteiger partial charge in [-0.3, -0.25) is 24.9 Å². The first-order valence-corrected chi connectivity index (χ1v) is 5.95. The van der Waals surface area contributed by atoms with E-state index in [4.69, 9.17) is 15.5 Å². The number of ether oxygens (including phenoxy) is 1. The Morgan fingerprint density at radius 3 is 2.74 bits per heavy atom. The summed E-state index contributed by atoms with van der Waals surface area (Å²) < 4.78 is 4.77. The van der Waals surface area contributed by atoms with Crippen LogP contribution < -0.4 is 0 Å². The van der Waals surface area contributed by atoms with Crippen LogP contribution in [-0.4, -0.2) is 39.1 Å². The second kappa shape index (κ2) is 6.09. The molecule has 1 unspecified atom stereocenters. The molecule has 12 nitrogen and oxygen atoms in total. The topological polar surface area (TPSA) is 176 Å². The molecular formula is C11H7N5O7. The molecule has 0 bridgehead atoms. The van der Waals surface area contributed by atoms with Crippen LogP contribution in [0.4, 0.5) is 11.4 Å². The van der Waals surface area contributed by atoms with Crippen LogP contribution in [0.2, 0.25) is 0 Å². The molecule has 1 heterocycles. The summed E-state index contributed by atoms with van der Waals surface area (Å²) in [4.78, 5) is 46.8. The van der Waals surface area contributed by atoms with E-state index < -0.39 is 46.6 Å². The van der Waals surface area contributed by atoms with Gasteiger partial charge in [0, 0.05) is 11.0 Å². The largest absolute Gasteiger partial charge is 0.448 e. The third kappa shape index (κ3) is 3.07. The van der Waals surface area contributed by atoms with E-state index in [2.05, 4.69) is 10.0 Å². The molecule has 2 rings (SSSR count). The van der Waals surface area contributed by atoms with Gasteiger partial charge in [-0.05, 0) is 17.7 Å². The van der Waals surface area contributed by atoms with Crippen molar-refractivity contribution in [3.63, 3.8) is 0 Å². The molecule has 1 aliphatic heterocycles. The lowest BCUT2D eigenvalue weighted by Gasteiger charge is -2.10. The molecule has 1 aliphatic rings.